The summed E-state index contributed by atoms with van der Waals surface area (Å²) in [6.07, 6.45) is 0. The van der Waals surface area contributed by atoms with E-state index >= 15 is 0 Å². The molecule has 134 valence electrons. The molecule has 3 rings (SSSR count). The van der Waals surface area contributed by atoms with Crippen molar-refractivity contribution in [3.05, 3.63) is 69.0 Å². The summed E-state index contributed by atoms with van der Waals surface area (Å²) in [5.74, 6) is 0.391. The van der Waals surface area contributed by atoms with Crippen LogP contribution in [-0.2, 0) is 4.79 Å². The van der Waals surface area contributed by atoms with E-state index in [1.165, 1.54) is 6.07 Å². The van der Waals surface area contributed by atoms with Gasteiger partial charge in [0.1, 0.15) is 11.3 Å². The first kappa shape index (κ1) is 18.2. The van der Waals surface area contributed by atoms with Gasteiger partial charge in [-0.3, -0.25) is 4.79 Å². The summed E-state index contributed by atoms with van der Waals surface area (Å²) in [4.78, 5) is 23.7. The van der Waals surface area contributed by atoms with E-state index in [0.717, 1.165) is 15.4 Å². The normalized spacial score (nSPS) is 10.9. The average molecular weight is 416 g/mol. The van der Waals surface area contributed by atoms with Crippen molar-refractivity contribution in [2.45, 2.75) is 19.8 Å². The van der Waals surface area contributed by atoms with Crippen LogP contribution in [0.1, 0.15) is 25.3 Å². The van der Waals surface area contributed by atoms with Crippen molar-refractivity contribution in [1.82, 2.24) is 0 Å². The lowest BCUT2D eigenvalue weighted by molar-refractivity contribution is -0.118. The maximum atomic E-state index is 12.0. The molecule has 1 heterocycles. The zero-order valence-corrected chi connectivity index (χ0v) is 16.0. The van der Waals surface area contributed by atoms with E-state index in [2.05, 4.69) is 21.2 Å². The third-order valence-corrected chi connectivity index (χ3v) is 4.40. The summed E-state index contributed by atoms with van der Waals surface area (Å²) in [6, 6.07) is 14.0. The van der Waals surface area contributed by atoms with Crippen molar-refractivity contribution < 1.29 is 13.9 Å². The van der Waals surface area contributed by atoms with E-state index in [1.807, 2.05) is 32.0 Å². The second-order valence-electron chi connectivity index (χ2n) is 6.18. The van der Waals surface area contributed by atoms with Crippen LogP contribution in [0.5, 0.6) is 5.75 Å². The molecule has 0 aliphatic rings. The summed E-state index contributed by atoms with van der Waals surface area (Å²) in [6.45, 7) is 3.89. The molecule has 0 aliphatic carbocycles. The van der Waals surface area contributed by atoms with Crippen LogP contribution in [0, 0.1) is 0 Å². The Kier molecular flexibility index (Phi) is 5.42. The highest BCUT2D eigenvalue weighted by Crippen LogP contribution is 2.27. The summed E-state index contributed by atoms with van der Waals surface area (Å²) < 4.78 is 11.7. The Morgan fingerprint density at radius 2 is 1.88 bits per heavy atom. The standard InChI is InChI=1S/C20H18BrNO4/c1-12(2)17-10-20(24)26-18-9-15(7-8-16(17)18)25-11-19(23)22-14-5-3-13(21)4-6-14/h3-10,12H,11H2,1-2H3,(H,22,23). The molecule has 26 heavy (non-hydrogen) atoms. The SMILES string of the molecule is CC(C)c1cc(=O)oc2cc(OCC(=O)Nc3ccc(Br)cc3)ccc12. The molecule has 6 heteroatoms. The van der Waals surface area contributed by atoms with Crippen molar-refractivity contribution in [2.24, 2.45) is 0 Å². The lowest BCUT2D eigenvalue weighted by atomic mass is 10.00. The highest BCUT2D eigenvalue weighted by molar-refractivity contribution is 9.10. The van der Waals surface area contributed by atoms with E-state index in [-0.39, 0.29) is 18.4 Å². The van der Waals surface area contributed by atoms with E-state index in [1.54, 1.807) is 24.3 Å². The number of fused-ring (bicyclic) bond motifs is 1. The predicted molar refractivity (Wildman–Crippen MR) is 105 cm³/mol. The summed E-state index contributed by atoms with van der Waals surface area (Å²) in [5, 5.41) is 3.62. The molecule has 0 unspecified atom stereocenters. The number of rotatable bonds is 5. The molecule has 2 aromatic carbocycles. The van der Waals surface area contributed by atoms with E-state index in [0.29, 0.717) is 17.0 Å². The molecule has 3 aromatic rings. The zero-order chi connectivity index (χ0) is 18.7. The van der Waals surface area contributed by atoms with Gasteiger partial charge in [-0.05, 0) is 47.9 Å². The Morgan fingerprint density at radius 3 is 2.58 bits per heavy atom. The van der Waals surface area contributed by atoms with Crippen LogP contribution in [-0.4, -0.2) is 12.5 Å². The second-order valence-corrected chi connectivity index (χ2v) is 7.09. The van der Waals surface area contributed by atoms with Crippen LogP contribution < -0.4 is 15.7 Å². The Bertz CT molecular complexity index is 993. The number of amides is 1. The number of hydrogen-bond donors (Lipinski definition) is 1. The smallest absolute Gasteiger partial charge is 0.336 e. The number of anilines is 1. The van der Waals surface area contributed by atoms with Crippen LogP contribution >= 0.6 is 15.9 Å². The van der Waals surface area contributed by atoms with E-state index in [4.69, 9.17) is 9.15 Å². The van der Waals surface area contributed by atoms with Gasteiger partial charge in [0.05, 0.1) is 0 Å². The average Bonchev–Trinajstić information content (AvgIpc) is 2.60. The van der Waals surface area contributed by atoms with Crippen LogP contribution in [0.3, 0.4) is 0 Å². The fraction of sp³-hybridized carbons (Fsp3) is 0.200. The summed E-state index contributed by atoms with van der Waals surface area (Å²) in [7, 11) is 0. The monoisotopic (exact) mass is 415 g/mol. The molecule has 1 aromatic heterocycles. The molecule has 0 bridgehead atoms. The first-order valence-electron chi connectivity index (χ1n) is 8.18. The van der Waals surface area contributed by atoms with Crippen molar-refractivity contribution in [3.63, 3.8) is 0 Å². The number of benzene rings is 2. The van der Waals surface area contributed by atoms with E-state index < -0.39 is 5.63 Å². The van der Waals surface area contributed by atoms with Gasteiger partial charge in [-0.25, -0.2) is 4.79 Å². The van der Waals surface area contributed by atoms with Crippen LogP contribution in [0.15, 0.2) is 62.2 Å². The number of carbonyl (C=O) groups excluding carboxylic acids is 1. The minimum atomic E-state index is -0.397. The third kappa shape index (κ3) is 4.32. The van der Waals surface area contributed by atoms with Crippen LogP contribution in [0.25, 0.3) is 11.0 Å². The Morgan fingerprint density at radius 1 is 1.15 bits per heavy atom. The number of carbonyl (C=O) groups is 1. The van der Waals surface area contributed by atoms with Crippen molar-refractivity contribution in [2.75, 3.05) is 11.9 Å². The molecule has 0 atom stereocenters. The molecule has 5 nitrogen and oxygen atoms in total. The van der Waals surface area contributed by atoms with Gasteiger partial charge in [-0.2, -0.15) is 0 Å². The maximum absolute atomic E-state index is 12.0. The van der Waals surface area contributed by atoms with Gasteiger partial charge in [0.25, 0.3) is 5.91 Å². The van der Waals surface area contributed by atoms with Crippen LogP contribution in [0.2, 0.25) is 0 Å². The fourth-order valence-electron chi connectivity index (χ4n) is 2.61. The van der Waals surface area contributed by atoms with Crippen LogP contribution in [0.4, 0.5) is 5.69 Å². The van der Waals surface area contributed by atoms with Crippen molar-refractivity contribution in [1.29, 1.82) is 0 Å². The molecular formula is C20H18BrNO4. The highest BCUT2D eigenvalue weighted by atomic mass is 79.9. The number of ether oxygens (including phenoxy) is 1. The first-order valence-corrected chi connectivity index (χ1v) is 8.97. The molecule has 0 saturated carbocycles. The fourth-order valence-corrected chi connectivity index (χ4v) is 2.88. The van der Waals surface area contributed by atoms with Gasteiger partial charge in [0, 0.05) is 27.7 Å². The summed E-state index contributed by atoms with van der Waals surface area (Å²) in [5.41, 5.74) is 1.67. The Hall–Kier alpha value is -2.60. The molecular weight excluding hydrogens is 398 g/mol. The van der Waals surface area contributed by atoms with Gasteiger partial charge >= 0.3 is 5.63 Å². The largest absolute Gasteiger partial charge is 0.484 e. The van der Waals surface area contributed by atoms with Gasteiger partial charge in [-0.15, -0.1) is 0 Å². The molecule has 0 spiro atoms. The second kappa shape index (κ2) is 7.74. The Balaban J connectivity index is 1.72. The third-order valence-electron chi connectivity index (χ3n) is 3.87. The minimum Gasteiger partial charge on any atom is -0.484 e. The molecule has 1 N–H and O–H groups in total. The highest BCUT2D eigenvalue weighted by Gasteiger charge is 2.11. The maximum Gasteiger partial charge on any atom is 0.336 e. The summed E-state index contributed by atoms with van der Waals surface area (Å²) >= 11 is 3.34. The topological polar surface area (TPSA) is 68.5 Å². The molecule has 0 radical (unpaired) electrons. The number of halogens is 1. The number of nitrogens with one attached hydrogen (secondary N) is 1. The molecule has 1 amide bonds. The predicted octanol–water partition coefficient (Wildman–Crippen LogP) is 4.70. The quantitative estimate of drug-likeness (QED) is 0.613. The minimum absolute atomic E-state index is 0.143. The number of hydrogen-bond acceptors (Lipinski definition) is 4. The van der Waals surface area contributed by atoms with E-state index in [9.17, 15) is 9.59 Å². The first-order chi connectivity index (χ1) is 12.4. The van der Waals surface area contributed by atoms with Crippen molar-refractivity contribution in [3.8, 4) is 5.75 Å². The molecule has 0 aliphatic heterocycles. The lowest BCUT2D eigenvalue weighted by Gasteiger charge is -2.11. The van der Waals surface area contributed by atoms with Crippen molar-refractivity contribution >= 4 is 38.5 Å². The van der Waals surface area contributed by atoms with Gasteiger partial charge in [0.2, 0.25) is 0 Å². The lowest BCUT2D eigenvalue weighted by Crippen LogP contribution is -2.20. The van der Waals surface area contributed by atoms with Gasteiger partial charge in [-0.1, -0.05) is 29.8 Å². The molecule has 0 saturated heterocycles. The zero-order valence-electron chi connectivity index (χ0n) is 14.4. The van der Waals surface area contributed by atoms with Gasteiger partial charge in [0.15, 0.2) is 6.61 Å². The molecule has 0 fully saturated rings. The Labute approximate surface area is 159 Å². The van der Waals surface area contributed by atoms with Gasteiger partial charge < -0.3 is 14.5 Å².